The second-order valence-corrected chi connectivity index (χ2v) is 4.19. The van der Waals surface area contributed by atoms with Gasteiger partial charge in [0.1, 0.15) is 12.1 Å². The number of β-lactam (4-membered cyclic amide) rings is 1. The Kier molecular flexibility index (Phi) is 3.09. The van der Waals surface area contributed by atoms with Gasteiger partial charge >= 0.3 is 14.0 Å². The van der Waals surface area contributed by atoms with Crippen LogP contribution in [0.25, 0.3) is 0 Å². The molecule has 2 unspecified atom stereocenters. The number of alkyl halides is 1. The second kappa shape index (κ2) is 4.23. The molecule has 2 rings (SSSR count). The summed E-state index contributed by atoms with van der Waals surface area (Å²) in [4.78, 5) is 24.5. The van der Waals surface area contributed by atoms with Crippen molar-refractivity contribution in [3.05, 3.63) is 0 Å². The summed E-state index contributed by atoms with van der Waals surface area (Å²) in [6, 6.07) is -1.35. The minimum Gasteiger partial charge on any atom is -0.542 e. The van der Waals surface area contributed by atoms with Crippen molar-refractivity contribution in [2.75, 3.05) is 12.5 Å². The molecule has 4 atom stereocenters. The topological polar surface area (TPSA) is 81.9 Å². The predicted octanol–water partition coefficient (Wildman–Crippen LogP) is -2.17. The van der Waals surface area contributed by atoms with E-state index in [0.717, 1.165) is 0 Å². The zero-order chi connectivity index (χ0) is 11.9. The van der Waals surface area contributed by atoms with Gasteiger partial charge in [-0.15, -0.1) is 11.6 Å². The molecule has 1 amide bonds. The Hall–Kier alpha value is -0.785. The van der Waals surface area contributed by atoms with Gasteiger partial charge in [-0.25, -0.2) is 0 Å². The summed E-state index contributed by atoms with van der Waals surface area (Å²) in [5, 5.41) is 0. The summed E-state index contributed by atoms with van der Waals surface area (Å²) >= 11 is 5.74. The van der Waals surface area contributed by atoms with E-state index >= 15 is 0 Å². The van der Waals surface area contributed by atoms with Crippen LogP contribution in [0.4, 0.5) is 0 Å². The summed E-state index contributed by atoms with van der Waals surface area (Å²) in [6.45, 7) is 0.311. The molecule has 88 valence electrons. The smallest absolute Gasteiger partial charge is 0.326 e. The predicted molar refractivity (Wildman–Crippen MR) is 57.2 cm³/mol. The van der Waals surface area contributed by atoms with Crippen molar-refractivity contribution in [3.63, 3.8) is 0 Å². The van der Waals surface area contributed by atoms with Crippen molar-refractivity contribution in [2.24, 2.45) is 11.7 Å². The molecule has 0 saturated carbocycles. The van der Waals surface area contributed by atoms with Gasteiger partial charge in [0.25, 0.3) is 0 Å². The number of hydrogen-bond acceptors (Lipinski definition) is 5. The molecule has 8 heteroatoms. The van der Waals surface area contributed by atoms with Crippen LogP contribution in [0, 0.1) is 5.92 Å². The molecule has 0 aromatic heterocycles. The summed E-state index contributed by atoms with van der Waals surface area (Å²) in [5.74, 6) is -0.790. The van der Waals surface area contributed by atoms with Gasteiger partial charge in [-0.3, -0.25) is 14.5 Å². The normalized spacial score (nSPS) is 37.6. The number of carbonyl (C=O) groups excluding carboxylic acids is 2. The third kappa shape index (κ3) is 1.50. The van der Waals surface area contributed by atoms with Crippen LogP contribution in [0.5, 0.6) is 0 Å². The molecule has 2 aliphatic rings. The number of fused-ring (bicyclic) bond motifs is 1. The van der Waals surface area contributed by atoms with E-state index in [0.29, 0.717) is 6.61 Å². The van der Waals surface area contributed by atoms with Crippen LogP contribution >= 0.6 is 11.6 Å². The Bertz CT molecular complexity index is 329. The number of amides is 1. The van der Waals surface area contributed by atoms with E-state index in [1.807, 2.05) is 0 Å². The van der Waals surface area contributed by atoms with Crippen molar-refractivity contribution in [1.29, 1.82) is 0 Å². The van der Waals surface area contributed by atoms with E-state index in [1.165, 1.54) is 12.9 Å². The molecule has 0 aromatic rings. The number of halogens is 1. The van der Waals surface area contributed by atoms with E-state index < -0.39 is 24.3 Å². The van der Waals surface area contributed by atoms with Crippen LogP contribution in [-0.4, -0.2) is 55.6 Å². The van der Waals surface area contributed by atoms with Crippen molar-refractivity contribution >= 4 is 31.5 Å². The van der Waals surface area contributed by atoms with Gasteiger partial charge in [-0.2, -0.15) is 0 Å². The Balaban J connectivity index is 2.21. The first-order valence-electron chi connectivity index (χ1n) is 4.95. The highest BCUT2D eigenvalue weighted by Crippen LogP contribution is 2.32. The molecule has 0 aromatic carbocycles. The molecule has 0 radical (unpaired) electrons. The maximum absolute atomic E-state index is 11.6. The summed E-state index contributed by atoms with van der Waals surface area (Å²) < 4.78 is 10.0. The van der Waals surface area contributed by atoms with Crippen molar-refractivity contribution < 1.29 is 19.0 Å². The van der Waals surface area contributed by atoms with Crippen LogP contribution in [-0.2, 0) is 19.0 Å². The summed E-state index contributed by atoms with van der Waals surface area (Å²) in [5.41, 5.74) is 5.57. The fourth-order valence-electron chi connectivity index (χ4n) is 2.09. The first-order valence-corrected chi connectivity index (χ1v) is 5.48. The number of nitrogens with two attached hydrogens (primary N) is 1. The summed E-state index contributed by atoms with van der Waals surface area (Å²) in [7, 11) is 1.28. The van der Waals surface area contributed by atoms with Crippen molar-refractivity contribution in [2.45, 2.75) is 18.3 Å². The van der Waals surface area contributed by atoms with Crippen LogP contribution in [0.1, 0.15) is 0 Å². The molecule has 16 heavy (non-hydrogen) atoms. The zero-order valence-corrected chi connectivity index (χ0v) is 9.52. The highest BCUT2D eigenvalue weighted by atomic mass is 35.5. The van der Waals surface area contributed by atoms with Gasteiger partial charge in [-0.1, -0.05) is 0 Å². The second-order valence-electron chi connectivity index (χ2n) is 3.88. The largest absolute Gasteiger partial charge is 0.542 e. The van der Waals surface area contributed by atoms with Gasteiger partial charge < -0.3 is 15.1 Å². The minimum absolute atomic E-state index is 0.228. The number of carbonyl (C=O) groups is 2. The maximum atomic E-state index is 11.6. The Morgan fingerprint density at radius 2 is 2.44 bits per heavy atom. The molecular weight excluding hydrogens is 234 g/mol. The molecule has 2 N–H and O–H groups in total. The standard InChI is InChI=1S/C8H12BClN2O4/c9-16-8(14)5-3(1-10)2-15-7-4(11)6(13)12(5)7/h3-5,7H,1-2,9,11H2/t3?,4-,5?,7-/m1/s1. The first-order chi connectivity index (χ1) is 7.61. The van der Waals surface area contributed by atoms with Gasteiger partial charge in [0.15, 0.2) is 6.23 Å². The molecule has 0 bridgehead atoms. The third-order valence-corrected chi connectivity index (χ3v) is 3.39. The Morgan fingerprint density at radius 3 is 3.00 bits per heavy atom. The molecule has 2 heterocycles. The van der Waals surface area contributed by atoms with Crippen molar-refractivity contribution in [3.8, 4) is 0 Å². The minimum atomic E-state index is -0.677. The molecule has 0 aliphatic carbocycles. The number of nitrogens with zero attached hydrogens (tertiary/aromatic N) is 1. The molecule has 6 nitrogen and oxygen atoms in total. The van der Waals surface area contributed by atoms with E-state index in [2.05, 4.69) is 4.65 Å². The molecule has 2 fully saturated rings. The lowest BCUT2D eigenvalue weighted by Gasteiger charge is -2.53. The monoisotopic (exact) mass is 246 g/mol. The number of ether oxygens (including phenoxy) is 1. The van der Waals surface area contributed by atoms with Crippen molar-refractivity contribution in [1.82, 2.24) is 4.90 Å². The number of rotatable bonds is 2. The van der Waals surface area contributed by atoms with Gasteiger partial charge in [0.2, 0.25) is 5.91 Å². The molecule has 0 spiro atoms. The maximum Gasteiger partial charge on any atom is 0.326 e. The van der Waals surface area contributed by atoms with E-state index in [1.54, 1.807) is 0 Å². The third-order valence-electron chi connectivity index (χ3n) is 2.99. The van der Waals surface area contributed by atoms with E-state index in [4.69, 9.17) is 22.1 Å². The molecule has 2 saturated heterocycles. The lowest BCUT2D eigenvalue weighted by molar-refractivity contribution is -0.217. The first kappa shape index (κ1) is 11.7. The van der Waals surface area contributed by atoms with E-state index in [9.17, 15) is 9.59 Å². The van der Waals surface area contributed by atoms with Gasteiger partial charge in [0, 0.05) is 11.8 Å². The van der Waals surface area contributed by atoms with Crippen LogP contribution in [0.3, 0.4) is 0 Å². The summed E-state index contributed by atoms with van der Waals surface area (Å²) in [6.07, 6.45) is -0.518. The highest BCUT2D eigenvalue weighted by Gasteiger charge is 2.56. The SMILES string of the molecule is BOC(=O)C1C(CCl)CO[C@@H]2[C@H](N)C(=O)N12. The average Bonchev–Trinajstić information content (AvgIpc) is 2.34. The molecule has 2 aliphatic heterocycles. The van der Waals surface area contributed by atoms with Crippen LogP contribution < -0.4 is 5.73 Å². The van der Waals surface area contributed by atoms with Crippen LogP contribution in [0.15, 0.2) is 0 Å². The fraction of sp³-hybridized carbons (Fsp3) is 0.750. The average molecular weight is 246 g/mol. The quantitative estimate of drug-likeness (QED) is 0.341. The van der Waals surface area contributed by atoms with Gasteiger partial charge in [-0.05, 0) is 0 Å². The fourth-order valence-corrected chi connectivity index (χ4v) is 2.34. The zero-order valence-electron chi connectivity index (χ0n) is 8.76. The lowest BCUT2D eigenvalue weighted by atomic mass is 9.91. The highest BCUT2D eigenvalue weighted by molar-refractivity contribution is 6.18. The number of hydrogen-bond donors (Lipinski definition) is 1. The lowest BCUT2D eigenvalue weighted by Crippen LogP contribution is -2.77. The Morgan fingerprint density at radius 1 is 1.75 bits per heavy atom. The molecular formula is C8H12BClN2O4. The van der Waals surface area contributed by atoms with E-state index in [-0.39, 0.29) is 17.7 Å². The van der Waals surface area contributed by atoms with Gasteiger partial charge in [0.05, 0.1) is 6.61 Å². The van der Waals surface area contributed by atoms with Crippen LogP contribution in [0.2, 0.25) is 0 Å². The Labute approximate surface area is 98.4 Å².